The standard InChI is InChI=1S/C14H12N4O4/c1-2-20-14-15-7-9(8-16-14)17-13(19)10-6-12(22-18-10)11-4-3-5-21-11/h3-8H,2H2,1H3,(H,17,19). The minimum Gasteiger partial charge on any atom is -0.464 e. The van der Waals surface area contributed by atoms with Crippen molar-refractivity contribution in [1.82, 2.24) is 15.1 Å². The molecule has 3 aromatic heterocycles. The van der Waals surface area contributed by atoms with Crippen molar-refractivity contribution < 1.29 is 18.5 Å². The third-order valence-corrected chi connectivity index (χ3v) is 2.67. The molecule has 3 heterocycles. The van der Waals surface area contributed by atoms with Crippen LogP contribution in [0.3, 0.4) is 0 Å². The van der Waals surface area contributed by atoms with E-state index in [-0.39, 0.29) is 11.7 Å². The van der Waals surface area contributed by atoms with Gasteiger partial charge in [-0.25, -0.2) is 9.97 Å². The smallest absolute Gasteiger partial charge is 0.316 e. The van der Waals surface area contributed by atoms with Crippen LogP contribution in [0.2, 0.25) is 0 Å². The molecule has 1 amide bonds. The van der Waals surface area contributed by atoms with Crippen molar-refractivity contribution >= 4 is 11.6 Å². The molecule has 22 heavy (non-hydrogen) atoms. The molecule has 0 aliphatic carbocycles. The number of anilines is 1. The average molecular weight is 300 g/mol. The topological polar surface area (TPSA) is 103 Å². The highest BCUT2D eigenvalue weighted by atomic mass is 16.5. The second-order valence-electron chi connectivity index (χ2n) is 4.20. The summed E-state index contributed by atoms with van der Waals surface area (Å²) in [5.74, 6) is 0.434. The average Bonchev–Trinajstić information content (AvgIpc) is 3.20. The molecular weight excluding hydrogens is 288 g/mol. The monoisotopic (exact) mass is 300 g/mol. The third-order valence-electron chi connectivity index (χ3n) is 2.67. The summed E-state index contributed by atoms with van der Waals surface area (Å²) in [5, 5.41) is 6.32. The Hall–Kier alpha value is -3.16. The van der Waals surface area contributed by atoms with Gasteiger partial charge >= 0.3 is 6.01 Å². The molecule has 0 saturated carbocycles. The lowest BCUT2D eigenvalue weighted by atomic mass is 10.3. The van der Waals surface area contributed by atoms with Crippen LogP contribution in [0.1, 0.15) is 17.4 Å². The molecule has 0 aliphatic heterocycles. The van der Waals surface area contributed by atoms with Crippen LogP contribution in [0.15, 0.2) is 45.8 Å². The highest BCUT2D eigenvalue weighted by molar-refractivity contribution is 6.03. The van der Waals surface area contributed by atoms with Gasteiger partial charge in [0.05, 0.1) is 31.0 Å². The van der Waals surface area contributed by atoms with E-state index in [1.165, 1.54) is 24.7 Å². The quantitative estimate of drug-likeness (QED) is 0.771. The van der Waals surface area contributed by atoms with Gasteiger partial charge in [-0.2, -0.15) is 0 Å². The Labute approximate surface area is 125 Å². The maximum absolute atomic E-state index is 12.1. The van der Waals surface area contributed by atoms with Crippen molar-refractivity contribution in [3.8, 4) is 17.5 Å². The van der Waals surface area contributed by atoms with Gasteiger partial charge in [-0.15, -0.1) is 0 Å². The summed E-state index contributed by atoms with van der Waals surface area (Å²) in [6.45, 7) is 2.31. The van der Waals surface area contributed by atoms with Crippen molar-refractivity contribution in [2.75, 3.05) is 11.9 Å². The molecular formula is C14H12N4O4. The van der Waals surface area contributed by atoms with E-state index in [9.17, 15) is 4.79 Å². The molecule has 0 atom stereocenters. The van der Waals surface area contributed by atoms with Crippen LogP contribution in [0.25, 0.3) is 11.5 Å². The van der Waals surface area contributed by atoms with Gasteiger partial charge in [0.15, 0.2) is 11.5 Å². The second kappa shape index (κ2) is 6.08. The number of nitrogens with one attached hydrogen (secondary N) is 1. The van der Waals surface area contributed by atoms with Crippen LogP contribution in [0, 0.1) is 0 Å². The summed E-state index contributed by atoms with van der Waals surface area (Å²) < 4.78 is 15.4. The summed E-state index contributed by atoms with van der Waals surface area (Å²) in [6.07, 6.45) is 4.40. The first-order valence-corrected chi connectivity index (χ1v) is 6.53. The predicted octanol–water partition coefficient (Wildman–Crippen LogP) is 2.38. The largest absolute Gasteiger partial charge is 0.464 e. The molecule has 0 unspecified atom stereocenters. The normalized spacial score (nSPS) is 10.4. The highest BCUT2D eigenvalue weighted by Crippen LogP contribution is 2.21. The maximum Gasteiger partial charge on any atom is 0.316 e. The van der Waals surface area contributed by atoms with Gasteiger partial charge in [-0.05, 0) is 19.1 Å². The van der Waals surface area contributed by atoms with Crippen molar-refractivity contribution in [2.45, 2.75) is 6.92 Å². The van der Waals surface area contributed by atoms with Crippen LogP contribution < -0.4 is 10.1 Å². The van der Waals surface area contributed by atoms with Gasteiger partial charge in [0, 0.05) is 6.07 Å². The van der Waals surface area contributed by atoms with E-state index >= 15 is 0 Å². The molecule has 0 spiro atoms. The van der Waals surface area contributed by atoms with Crippen LogP contribution in [-0.2, 0) is 0 Å². The Balaban J connectivity index is 1.69. The third kappa shape index (κ3) is 2.95. The van der Waals surface area contributed by atoms with E-state index in [0.717, 1.165) is 0 Å². The second-order valence-corrected chi connectivity index (χ2v) is 4.20. The first-order chi connectivity index (χ1) is 10.8. The van der Waals surface area contributed by atoms with Crippen molar-refractivity contribution in [3.05, 3.63) is 42.5 Å². The van der Waals surface area contributed by atoms with Gasteiger partial charge in [-0.1, -0.05) is 5.16 Å². The SMILES string of the molecule is CCOc1ncc(NC(=O)c2cc(-c3ccco3)on2)cn1. The van der Waals surface area contributed by atoms with Crippen LogP contribution in [0.4, 0.5) is 5.69 Å². The summed E-state index contributed by atoms with van der Waals surface area (Å²) in [5.41, 5.74) is 0.552. The van der Waals surface area contributed by atoms with Gasteiger partial charge < -0.3 is 19.0 Å². The lowest BCUT2D eigenvalue weighted by Crippen LogP contribution is -2.12. The minimum atomic E-state index is -0.436. The number of nitrogens with zero attached hydrogens (tertiary/aromatic N) is 3. The van der Waals surface area contributed by atoms with Gasteiger partial charge in [0.2, 0.25) is 5.76 Å². The Bertz CT molecular complexity index is 750. The fourth-order valence-electron chi connectivity index (χ4n) is 1.70. The number of aromatic nitrogens is 3. The molecule has 0 bridgehead atoms. The summed E-state index contributed by atoms with van der Waals surface area (Å²) in [6, 6.07) is 5.17. The van der Waals surface area contributed by atoms with Crippen molar-refractivity contribution in [3.63, 3.8) is 0 Å². The molecule has 3 aromatic rings. The Kier molecular flexibility index (Phi) is 3.82. The zero-order valence-corrected chi connectivity index (χ0v) is 11.6. The van der Waals surface area contributed by atoms with Gasteiger partial charge in [-0.3, -0.25) is 4.79 Å². The number of amides is 1. The van der Waals surface area contributed by atoms with E-state index in [0.29, 0.717) is 23.8 Å². The number of ether oxygens (including phenoxy) is 1. The molecule has 0 aromatic carbocycles. The van der Waals surface area contributed by atoms with Crippen LogP contribution in [-0.4, -0.2) is 27.6 Å². The summed E-state index contributed by atoms with van der Waals surface area (Å²) in [4.78, 5) is 20.0. The number of hydrogen-bond donors (Lipinski definition) is 1. The fraction of sp³-hybridized carbons (Fsp3) is 0.143. The van der Waals surface area contributed by atoms with Gasteiger partial charge in [0.25, 0.3) is 5.91 Å². The molecule has 1 N–H and O–H groups in total. The Morgan fingerprint density at radius 3 is 2.82 bits per heavy atom. The highest BCUT2D eigenvalue weighted by Gasteiger charge is 2.15. The van der Waals surface area contributed by atoms with E-state index in [1.807, 2.05) is 6.92 Å². The summed E-state index contributed by atoms with van der Waals surface area (Å²) in [7, 11) is 0. The Morgan fingerprint density at radius 2 is 2.14 bits per heavy atom. The molecule has 8 heteroatoms. The molecule has 0 saturated heterocycles. The minimum absolute atomic E-state index is 0.125. The number of carbonyl (C=O) groups is 1. The van der Waals surface area contributed by atoms with E-state index in [4.69, 9.17) is 13.7 Å². The van der Waals surface area contributed by atoms with Gasteiger partial charge in [0.1, 0.15) is 0 Å². The first-order valence-electron chi connectivity index (χ1n) is 6.53. The van der Waals surface area contributed by atoms with Crippen LogP contribution in [0.5, 0.6) is 6.01 Å². The molecule has 0 radical (unpaired) electrons. The van der Waals surface area contributed by atoms with Crippen molar-refractivity contribution in [1.29, 1.82) is 0 Å². The Morgan fingerprint density at radius 1 is 1.32 bits per heavy atom. The van der Waals surface area contributed by atoms with Crippen molar-refractivity contribution in [2.24, 2.45) is 0 Å². The van der Waals surface area contributed by atoms with Crippen LogP contribution >= 0.6 is 0 Å². The van der Waals surface area contributed by atoms with E-state index in [1.54, 1.807) is 12.1 Å². The lowest BCUT2D eigenvalue weighted by molar-refractivity contribution is 0.101. The number of furan rings is 1. The lowest BCUT2D eigenvalue weighted by Gasteiger charge is -2.03. The molecule has 0 aliphatic rings. The molecule has 8 nitrogen and oxygen atoms in total. The molecule has 112 valence electrons. The number of hydrogen-bond acceptors (Lipinski definition) is 7. The fourth-order valence-corrected chi connectivity index (χ4v) is 1.70. The van der Waals surface area contributed by atoms with E-state index < -0.39 is 5.91 Å². The zero-order valence-electron chi connectivity index (χ0n) is 11.6. The number of carbonyl (C=O) groups excluding carboxylic acids is 1. The maximum atomic E-state index is 12.1. The van der Waals surface area contributed by atoms with E-state index in [2.05, 4.69) is 20.4 Å². The number of rotatable bonds is 5. The molecule has 3 rings (SSSR count). The zero-order chi connectivity index (χ0) is 15.4. The predicted molar refractivity (Wildman–Crippen MR) is 75.4 cm³/mol. The summed E-state index contributed by atoms with van der Waals surface area (Å²) >= 11 is 0. The molecule has 0 fully saturated rings. The first kappa shape index (κ1) is 13.8.